The van der Waals surface area contributed by atoms with Crippen molar-refractivity contribution in [1.82, 2.24) is 0 Å². The van der Waals surface area contributed by atoms with Gasteiger partial charge in [0.25, 0.3) is 0 Å². The van der Waals surface area contributed by atoms with Crippen LogP contribution in [0.5, 0.6) is 0 Å². The van der Waals surface area contributed by atoms with Crippen LogP contribution in [0.2, 0.25) is 0 Å². The van der Waals surface area contributed by atoms with E-state index < -0.39 is 15.9 Å². The molecule has 1 radical (unpaired) electrons. The predicted octanol–water partition coefficient (Wildman–Crippen LogP) is -0.191. The topological polar surface area (TPSA) is 103 Å². The largest absolute Gasteiger partial charge is 0.366 e. The molecule has 0 saturated heterocycles. The van der Waals surface area contributed by atoms with Gasteiger partial charge in [-0.15, -0.1) is 0 Å². The minimum atomic E-state index is -3.81. The number of primary sulfonamides is 1. The second-order valence-electron chi connectivity index (χ2n) is 2.98. The smallest absolute Gasteiger partial charge is 0.249 e. The molecule has 0 saturated carbocycles. The molecule has 5 nitrogen and oxygen atoms in total. The van der Waals surface area contributed by atoms with Crippen molar-refractivity contribution in [1.29, 1.82) is 0 Å². The highest BCUT2D eigenvalue weighted by atomic mass is 32.2. The Hall–Kier alpha value is -1.40. The van der Waals surface area contributed by atoms with Crippen molar-refractivity contribution in [3.63, 3.8) is 0 Å². The maximum absolute atomic E-state index is 11.0. The van der Waals surface area contributed by atoms with E-state index in [9.17, 15) is 13.2 Å². The second kappa shape index (κ2) is 4.00. The Morgan fingerprint density at radius 3 is 2.40 bits per heavy atom. The summed E-state index contributed by atoms with van der Waals surface area (Å²) in [5.74, 6) is -0.695. The quantitative estimate of drug-likeness (QED) is 0.747. The molecular formula is C9H11N2O3S. The molecule has 0 bridgehead atoms. The van der Waals surface area contributed by atoms with Gasteiger partial charge in [-0.3, -0.25) is 4.79 Å². The predicted molar refractivity (Wildman–Crippen MR) is 55.4 cm³/mol. The van der Waals surface area contributed by atoms with E-state index in [2.05, 4.69) is 6.92 Å². The summed E-state index contributed by atoms with van der Waals surface area (Å²) >= 11 is 0. The summed E-state index contributed by atoms with van der Waals surface area (Å²) in [5.41, 5.74) is 5.83. The van der Waals surface area contributed by atoms with Crippen LogP contribution >= 0.6 is 0 Å². The molecule has 0 spiro atoms. The maximum Gasteiger partial charge on any atom is 0.249 e. The minimum Gasteiger partial charge on any atom is -0.366 e. The fourth-order valence-electron chi connectivity index (χ4n) is 1.18. The molecule has 6 heteroatoms. The number of hydrogen-bond donors (Lipinski definition) is 2. The van der Waals surface area contributed by atoms with Crippen LogP contribution in [0.1, 0.15) is 15.9 Å². The molecule has 0 fully saturated rings. The number of sulfonamides is 1. The monoisotopic (exact) mass is 227 g/mol. The van der Waals surface area contributed by atoms with Crippen molar-refractivity contribution in [2.45, 2.75) is 11.3 Å². The van der Waals surface area contributed by atoms with Crippen LogP contribution in [0.3, 0.4) is 0 Å². The number of nitrogens with two attached hydrogens (primary N) is 2. The zero-order valence-corrected chi connectivity index (χ0v) is 8.75. The Labute approximate surface area is 88.1 Å². The third-order valence-electron chi connectivity index (χ3n) is 1.94. The lowest BCUT2D eigenvalue weighted by molar-refractivity contribution is 0.0999. The molecule has 0 atom stereocenters. The first-order chi connectivity index (χ1) is 6.86. The summed E-state index contributed by atoms with van der Waals surface area (Å²) in [6, 6.07) is 3.97. The summed E-state index contributed by atoms with van der Waals surface area (Å²) in [6.45, 7) is 3.60. The van der Waals surface area contributed by atoms with Crippen molar-refractivity contribution in [2.24, 2.45) is 10.9 Å². The van der Waals surface area contributed by atoms with Crippen molar-refractivity contribution < 1.29 is 13.2 Å². The number of carbonyl (C=O) groups excluding carboxylic acids is 1. The Bertz CT molecular complexity index is 494. The number of primary amides is 1. The van der Waals surface area contributed by atoms with E-state index in [0.29, 0.717) is 12.0 Å². The van der Waals surface area contributed by atoms with Gasteiger partial charge in [0.05, 0.1) is 4.90 Å². The maximum atomic E-state index is 11.0. The molecule has 0 unspecified atom stereocenters. The van der Waals surface area contributed by atoms with E-state index >= 15 is 0 Å². The molecule has 1 amide bonds. The van der Waals surface area contributed by atoms with Gasteiger partial charge < -0.3 is 5.73 Å². The zero-order valence-electron chi connectivity index (χ0n) is 7.93. The summed E-state index contributed by atoms with van der Waals surface area (Å²) in [6.07, 6.45) is 0.350. The molecule has 0 aliphatic heterocycles. The highest BCUT2D eigenvalue weighted by Gasteiger charge is 2.13. The molecule has 1 rings (SSSR count). The highest BCUT2D eigenvalue weighted by Crippen LogP contribution is 2.15. The zero-order chi connectivity index (χ0) is 11.6. The van der Waals surface area contributed by atoms with Crippen LogP contribution < -0.4 is 10.9 Å². The number of amides is 1. The molecular weight excluding hydrogens is 216 g/mol. The van der Waals surface area contributed by atoms with Gasteiger partial charge in [0.15, 0.2) is 0 Å². The number of rotatable bonds is 3. The highest BCUT2D eigenvalue weighted by molar-refractivity contribution is 7.89. The summed E-state index contributed by atoms with van der Waals surface area (Å²) < 4.78 is 22.0. The first kappa shape index (κ1) is 11.7. The number of carbonyl (C=O) groups is 1. The first-order valence-corrected chi connectivity index (χ1v) is 5.65. The van der Waals surface area contributed by atoms with Gasteiger partial charge in [-0.25, -0.2) is 13.6 Å². The molecule has 1 aromatic rings. The van der Waals surface area contributed by atoms with Crippen LogP contribution in [0, 0.1) is 6.92 Å². The van der Waals surface area contributed by atoms with Gasteiger partial charge in [-0.2, -0.15) is 0 Å². The SMILES string of the molecule is [CH2]Cc1ccc(S(N)(=O)=O)cc1C(N)=O. The molecule has 15 heavy (non-hydrogen) atoms. The molecule has 0 aromatic heterocycles. The van der Waals surface area contributed by atoms with Crippen molar-refractivity contribution in [3.8, 4) is 0 Å². The Kier molecular flexibility index (Phi) is 3.11. The average Bonchev–Trinajstić information content (AvgIpc) is 2.15. The van der Waals surface area contributed by atoms with Gasteiger partial charge in [0, 0.05) is 5.56 Å². The molecule has 0 aliphatic rings. The Morgan fingerprint density at radius 2 is 2.00 bits per heavy atom. The van der Waals surface area contributed by atoms with Crippen LogP contribution in [0.15, 0.2) is 23.1 Å². The van der Waals surface area contributed by atoms with E-state index in [4.69, 9.17) is 10.9 Å². The molecule has 0 aliphatic carbocycles. The van der Waals surface area contributed by atoms with E-state index in [0.717, 1.165) is 6.07 Å². The van der Waals surface area contributed by atoms with Crippen LogP contribution in [-0.4, -0.2) is 14.3 Å². The Morgan fingerprint density at radius 1 is 1.40 bits per heavy atom. The molecule has 0 heterocycles. The third-order valence-corrected chi connectivity index (χ3v) is 2.86. The standard InChI is InChI=1S/C9H11N2O3S/c1-2-6-3-4-7(15(11,13)14)5-8(6)9(10)12/h3-5H,1-2H2,(H2,10,12)(H2,11,13,14). The van der Waals surface area contributed by atoms with E-state index in [1.54, 1.807) is 0 Å². The van der Waals surface area contributed by atoms with Crippen LogP contribution in [0.25, 0.3) is 0 Å². The van der Waals surface area contributed by atoms with E-state index in [1.807, 2.05) is 0 Å². The minimum absolute atomic E-state index is 0.131. The average molecular weight is 227 g/mol. The van der Waals surface area contributed by atoms with Gasteiger partial charge in [-0.05, 0) is 31.0 Å². The first-order valence-electron chi connectivity index (χ1n) is 4.11. The van der Waals surface area contributed by atoms with Crippen LogP contribution in [-0.2, 0) is 16.4 Å². The van der Waals surface area contributed by atoms with Gasteiger partial charge in [0.2, 0.25) is 15.9 Å². The van der Waals surface area contributed by atoms with Crippen LogP contribution in [0.4, 0.5) is 0 Å². The van der Waals surface area contributed by atoms with Crippen molar-refractivity contribution in [3.05, 3.63) is 36.2 Å². The second-order valence-corrected chi connectivity index (χ2v) is 4.54. The fourth-order valence-corrected chi connectivity index (χ4v) is 1.72. The fraction of sp³-hybridized carbons (Fsp3) is 0.111. The summed E-state index contributed by atoms with van der Waals surface area (Å²) in [4.78, 5) is 10.9. The normalized spacial score (nSPS) is 11.3. The number of benzene rings is 1. The van der Waals surface area contributed by atoms with Gasteiger partial charge >= 0.3 is 0 Å². The molecule has 4 N–H and O–H groups in total. The molecule has 1 aromatic carbocycles. The lowest BCUT2D eigenvalue weighted by atomic mass is 10.1. The van der Waals surface area contributed by atoms with Crippen molar-refractivity contribution in [2.75, 3.05) is 0 Å². The van der Waals surface area contributed by atoms with Gasteiger partial charge in [-0.1, -0.05) is 6.07 Å². The summed E-state index contributed by atoms with van der Waals surface area (Å²) in [7, 11) is -3.81. The Balaban J connectivity index is 3.42. The number of hydrogen-bond acceptors (Lipinski definition) is 3. The lowest BCUT2D eigenvalue weighted by Crippen LogP contribution is -2.17. The van der Waals surface area contributed by atoms with E-state index in [-0.39, 0.29) is 10.5 Å². The summed E-state index contributed by atoms with van der Waals surface area (Å²) in [5, 5.41) is 4.92. The van der Waals surface area contributed by atoms with Crippen molar-refractivity contribution >= 4 is 15.9 Å². The third kappa shape index (κ3) is 2.54. The van der Waals surface area contributed by atoms with E-state index in [1.165, 1.54) is 12.1 Å². The molecule has 81 valence electrons. The van der Waals surface area contributed by atoms with Gasteiger partial charge in [0.1, 0.15) is 0 Å². The lowest BCUT2D eigenvalue weighted by Gasteiger charge is -2.06.